The van der Waals surface area contributed by atoms with Crippen molar-refractivity contribution in [1.82, 2.24) is 0 Å². The standard InChI is InChI=1S/C38H48N2O8/c1-18(2)28-26-16-23-15-25-27(40(3)4)17-24(22-10-9-21(14-22)13-20-7-5-19(6-8-20)11-12-41)32(42)30(25)34(44)29(23)35(45)38(26,48)36(46)31(33(28)43)37(39)47/h9-10,17-20,23,26,28,41-42,44,46,48H,5-8,11-16H2,1-4H3,(H2,39,47)/t19?,20?,23-,26-,28-,38-/m0/s1. The van der Waals surface area contributed by atoms with E-state index in [-0.39, 0.29) is 42.3 Å². The second-order valence-electron chi connectivity index (χ2n) is 15.2. The number of nitrogens with two attached hydrogens (primary N) is 1. The molecule has 258 valence electrons. The van der Waals surface area contributed by atoms with E-state index in [9.17, 15) is 39.9 Å². The number of primary amides is 1. The third-order valence-electron chi connectivity index (χ3n) is 11.8. The lowest BCUT2D eigenvalue weighted by Gasteiger charge is -2.50. The zero-order valence-electron chi connectivity index (χ0n) is 28.3. The summed E-state index contributed by atoms with van der Waals surface area (Å²) in [6, 6.07) is 1.92. The van der Waals surface area contributed by atoms with Gasteiger partial charge in [-0.15, -0.1) is 0 Å². The van der Waals surface area contributed by atoms with E-state index in [0.29, 0.717) is 29.4 Å². The van der Waals surface area contributed by atoms with Crippen LogP contribution in [-0.2, 0) is 20.8 Å². The molecule has 0 bridgehead atoms. The Morgan fingerprint density at radius 2 is 1.73 bits per heavy atom. The third-order valence-corrected chi connectivity index (χ3v) is 11.8. The SMILES string of the molecule is CC(C)[C@@H]1C(=O)C(C(N)=O)=C(O)[C@@]2(O)C(=O)C3=C(O)c4c(O)c(C5=CC=C(CC6CCC(CCO)CC6)C5)cc(N(C)C)c4C[C@H]3C[C@@H]12. The lowest BCUT2D eigenvalue weighted by molar-refractivity contribution is -0.155. The van der Waals surface area contributed by atoms with Crippen LogP contribution in [0.3, 0.4) is 0 Å². The molecule has 0 radical (unpaired) electrons. The third kappa shape index (κ3) is 5.28. The van der Waals surface area contributed by atoms with Gasteiger partial charge in [-0.1, -0.05) is 44.4 Å². The minimum Gasteiger partial charge on any atom is -0.508 e. The lowest BCUT2D eigenvalue weighted by atomic mass is 9.54. The molecule has 0 unspecified atom stereocenters. The quantitative estimate of drug-likeness (QED) is 0.216. The van der Waals surface area contributed by atoms with Gasteiger partial charge in [-0.05, 0) is 85.8 Å². The smallest absolute Gasteiger partial charge is 0.255 e. The molecule has 0 spiro atoms. The summed E-state index contributed by atoms with van der Waals surface area (Å²) in [5.74, 6) is -6.45. The Morgan fingerprint density at radius 1 is 1.06 bits per heavy atom. The van der Waals surface area contributed by atoms with Crippen LogP contribution in [0.4, 0.5) is 5.69 Å². The molecule has 1 aromatic rings. The number of aliphatic hydroxyl groups excluding tert-OH is 3. The Labute approximate surface area is 281 Å². The van der Waals surface area contributed by atoms with Gasteiger partial charge in [0.2, 0.25) is 5.78 Å². The van der Waals surface area contributed by atoms with Gasteiger partial charge in [-0.2, -0.15) is 0 Å². The predicted molar refractivity (Wildman–Crippen MR) is 182 cm³/mol. The number of allylic oxidation sites excluding steroid dienone is 4. The molecule has 2 fully saturated rings. The molecule has 1 amide bonds. The maximum atomic E-state index is 14.3. The number of carbonyl (C=O) groups is 3. The largest absolute Gasteiger partial charge is 0.508 e. The normalized spacial score (nSPS) is 30.2. The van der Waals surface area contributed by atoms with Gasteiger partial charge in [0.15, 0.2) is 11.4 Å². The average molecular weight is 661 g/mol. The average Bonchev–Trinajstić information content (AvgIpc) is 3.47. The summed E-state index contributed by atoms with van der Waals surface area (Å²) in [4.78, 5) is 41.9. The first-order chi connectivity index (χ1) is 22.7. The number of amides is 1. The van der Waals surface area contributed by atoms with E-state index in [0.717, 1.165) is 49.8 Å². The monoisotopic (exact) mass is 660 g/mol. The van der Waals surface area contributed by atoms with Crippen molar-refractivity contribution in [3.05, 3.63) is 57.4 Å². The number of phenols is 1. The van der Waals surface area contributed by atoms with E-state index in [2.05, 4.69) is 6.08 Å². The zero-order chi connectivity index (χ0) is 34.8. The van der Waals surface area contributed by atoms with Crippen LogP contribution in [0.5, 0.6) is 5.75 Å². The van der Waals surface area contributed by atoms with Gasteiger partial charge in [0.1, 0.15) is 22.8 Å². The van der Waals surface area contributed by atoms with E-state index < -0.39 is 57.9 Å². The van der Waals surface area contributed by atoms with Crippen LogP contribution in [0.25, 0.3) is 11.3 Å². The number of benzene rings is 1. The number of phenolic OH excluding ortho intramolecular Hbond substituents is 1. The summed E-state index contributed by atoms with van der Waals surface area (Å²) < 4.78 is 0. The summed E-state index contributed by atoms with van der Waals surface area (Å²) in [6.45, 7) is 3.74. The highest BCUT2D eigenvalue weighted by Gasteiger charge is 2.64. The number of fused-ring (bicyclic) bond motifs is 3. The molecule has 48 heavy (non-hydrogen) atoms. The summed E-state index contributed by atoms with van der Waals surface area (Å²) in [5.41, 5.74) is 6.15. The van der Waals surface area contributed by atoms with Crippen LogP contribution in [0.1, 0.15) is 81.9 Å². The lowest BCUT2D eigenvalue weighted by Crippen LogP contribution is -2.62. The molecule has 5 aliphatic carbocycles. The van der Waals surface area contributed by atoms with Gasteiger partial charge in [-0.3, -0.25) is 14.4 Å². The van der Waals surface area contributed by atoms with Gasteiger partial charge in [0.05, 0.1) is 5.56 Å². The Hall–Kier alpha value is -3.89. The molecule has 1 aromatic carbocycles. The van der Waals surface area contributed by atoms with Crippen molar-refractivity contribution in [2.45, 2.75) is 77.2 Å². The van der Waals surface area contributed by atoms with E-state index in [1.54, 1.807) is 13.8 Å². The Morgan fingerprint density at radius 3 is 2.33 bits per heavy atom. The first-order valence-electron chi connectivity index (χ1n) is 17.2. The number of hydrogen-bond acceptors (Lipinski definition) is 9. The Balaban J connectivity index is 1.36. The maximum Gasteiger partial charge on any atom is 0.255 e. The van der Waals surface area contributed by atoms with Crippen LogP contribution in [-0.4, -0.2) is 69.3 Å². The van der Waals surface area contributed by atoms with E-state index in [1.165, 1.54) is 5.57 Å². The number of carbonyl (C=O) groups excluding carboxylic acids is 3. The van der Waals surface area contributed by atoms with Crippen molar-refractivity contribution >= 4 is 34.5 Å². The van der Waals surface area contributed by atoms with Crippen molar-refractivity contribution in [2.75, 3.05) is 25.6 Å². The van der Waals surface area contributed by atoms with Crippen LogP contribution in [0, 0.1) is 35.5 Å². The van der Waals surface area contributed by atoms with E-state index in [1.807, 2.05) is 31.1 Å². The molecule has 0 aliphatic heterocycles. The Kier molecular flexibility index (Phi) is 8.87. The van der Waals surface area contributed by atoms with Crippen molar-refractivity contribution in [2.24, 2.45) is 41.2 Å². The molecule has 2 saturated carbocycles. The minimum atomic E-state index is -2.63. The number of nitrogens with zero attached hydrogens (tertiary/aromatic N) is 1. The van der Waals surface area contributed by atoms with Crippen molar-refractivity contribution < 1.29 is 39.9 Å². The maximum absolute atomic E-state index is 14.3. The zero-order valence-corrected chi connectivity index (χ0v) is 28.3. The second kappa shape index (κ2) is 12.5. The molecular formula is C38H48N2O8. The van der Waals surface area contributed by atoms with Crippen LogP contribution in [0.2, 0.25) is 0 Å². The number of Topliss-reactive ketones (excluding diaryl/α,β-unsaturated/α-hetero) is 2. The minimum absolute atomic E-state index is 0.0848. The van der Waals surface area contributed by atoms with Crippen molar-refractivity contribution in [1.29, 1.82) is 0 Å². The number of hydrogen-bond donors (Lipinski definition) is 6. The summed E-state index contributed by atoms with van der Waals surface area (Å²) in [5, 5.41) is 56.1. The number of ketones is 2. The Bertz CT molecular complexity index is 1690. The number of anilines is 1. The molecule has 0 aromatic heterocycles. The molecule has 10 nitrogen and oxygen atoms in total. The second-order valence-corrected chi connectivity index (χ2v) is 15.2. The van der Waals surface area contributed by atoms with Crippen molar-refractivity contribution in [3.8, 4) is 5.75 Å². The molecule has 7 N–H and O–H groups in total. The van der Waals surface area contributed by atoms with E-state index >= 15 is 0 Å². The van der Waals surface area contributed by atoms with Crippen LogP contribution >= 0.6 is 0 Å². The van der Waals surface area contributed by atoms with Crippen molar-refractivity contribution in [3.63, 3.8) is 0 Å². The topological polar surface area (TPSA) is 182 Å². The molecule has 0 heterocycles. The van der Waals surface area contributed by atoms with Gasteiger partial charge in [0, 0.05) is 49.4 Å². The van der Waals surface area contributed by atoms with E-state index in [4.69, 9.17) is 5.73 Å². The first-order valence-corrected chi connectivity index (χ1v) is 17.2. The first kappa shape index (κ1) is 34.0. The highest BCUT2D eigenvalue weighted by atomic mass is 16.3. The van der Waals surface area contributed by atoms with Gasteiger partial charge in [-0.25, -0.2) is 0 Å². The highest BCUT2D eigenvalue weighted by Crippen LogP contribution is 2.56. The number of aliphatic hydroxyl groups is 4. The fourth-order valence-corrected chi connectivity index (χ4v) is 9.36. The molecule has 10 heteroatoms. The molecule has 0 saturated heterocycles. The molecule has 4 atom stereocenters. The molecule has 5 aliphatic rings. The van der Waals surface area contributed by atoms with Gasteiger partial charge < -0.3 is 36.2 Å². The van der Waals surface area contributed by atoms with Crippen LogP contribution in [0.15, 0.2) is 40.7 Å². The summed E-state index contributed by atoms with van der Waals surface area (Å²) in [6.07, 6.45) is 11.5. The number of aromatic hydroxyl groups is 1. The summed E-state index contributed by atoms with van der Waals surface area (Å²) >= 11 is 0. The fraction of sp³-hybridized carbons (Fsp3) is 0.553. The number of rotatable bonds is 8. The van der Waals surface area contributed by atoms with Gasteiger partial charge >= 0.3 is 0 Å². The van der Waals surface area contributed by atoms with Crippen LogP contribution < -0.4 is 10.6 Å². The van der Waals surface area contributed by atoms with Gasteiger partial charge in [0.25, 0.3) is 5.91 Å². The molecule has 6 rings (SSSR count). The molecular weight excluding hydrogens is 612 g/mol. The fourth-order valence-electron chi connectivity index (χ4n) is 9.36. The summed E-state index contributed by atoms with van der Waals surface area (Å²) in [7, 11) is 3.75. The highest BCUT2D eigenvalue weighted by molar-refractivity contribution is 6.23. The predicted octanol–water partition coefficient (Wildman–Crippen LogP) is 4.66.